The molecule has 1 N–H and O–H groups in total. The Morgan fingerprint density at radius 2 is 2.14 bits per heavy atom. The van der Waals surface area contributed by atoms with E-state index in [-0.39, 0.29) is 12.0 Å². The molecule has 0 bridgehead atoms. The van der Waals surface area contributed by atoms with Gasteiger partial charge >= 0.3 is 5.97 Å². The molecule has 0 radical (unpaired) electrons. The second-order valence-corrected chi connectivity index (χ2v) is 5.57. The molecule has 0 aliphatic carbocycles. The predicted octanol–water partition coefficient (Wildman–Crippen LogP) is 2.73. The zero-order chi connectivity index (χ0) is 15.6. The number of halogens is 1. The number of ether oxygens (including phenoxy) is 1. The maximum Gasteiger partial charge on any atom is 0.328 e. The summed E-state index contributed by atoms with van der Waals surface area (Å²) in [6, 6.07) is 5.05. The van der Waals surface area contributed by atoms with Crippen molar-refractivity contribution in [2.75, 3.05) is 11.4 Å². The molecule has 112 valence electrons. The zero-order valence-electron chi connectivity index (χ0n) is 11.7. The van der Waals surface area contributed by atoms with Gasteiger partial charge in [0.15, 0.2) is 0 Å². The molecule has 1 aliphatic heterocycles. The highest BCUT2D eigenvalue weighted by Gasteiger charge is 2.30. The van der Waals surface area contributed by atoms with E-state index in [1.165, 1.54) is 4.90 Å². The number of hydrogen-bond acceptors (Lipinski definition) is 3. The van der Waals surface area contributed by atoms with E-state index in [1.54, 1.807) is 18.2 Å². The van der Waals surface area contributed by atoms with Crippen molar-refractivity contribution >= 4 is 29.2 Å². The average Bonchev–Trinajstić information content (AvgIpc) is 2.43. The Bertz CT molecular complexity index is 597. The van der Waals surface area contributed by atoms with Gasteiger partial charge in [-0.2, -0.15) is 0 Å². The van der Waals surface area contributed by atoms with E-state index in [2.05, 4.69) is 0 Å². The number of hydrogen-bond donors (Lipinski definition) is 1. The van der Waals surface area contributed by atoms with Crippen LogP contribution in [0.15, 0.2) is 30.4 Å². The number of carboxylic acids is 1. The number of carbonyl (C=O) groups excluding carboxylic acids is 1. The van der Waals surface area contributed by atoms with Crippen LogP contribution in [-0.4, -0.2) is 29.6 Å². The lowest BCUT2D eigenvalue weighted by Gasteiger charge is -2.36. The fraction of sp³-hybridized carbons (Fsp3) is 0.333. The van der Waals surface area contributed by atoms with Crippen LogP contribution in [0.1, 0.15) is 13.8 Å². The number of fused-ring (bicyclic) bond motifs is 1. The van der Waals surface area contributed by atoms with Gasteiger partial charge in [0.2, 0.25) is 0 Å². The van der Waals surface area contributed by atoms with E-state index in [4.69, 9.17) is 21.4 Å². The number of aliphatic carboxylic acids is 1. The topological polar surface area (TPSA) is 66.8 Å². The number of amides is 1. The number of benzene rings is 1. The molecule has 21 heavy (non-hydrogen) atoms. The zero-order valence-corrected chi connectivity index (χ0v) is 12.5. The molecule has 0 aromatic heterocycles. The molecule has 1 atom stereocenters. The number of carbonyl (C=O) groups is 2. The van der Waals surface area contributed by atoms with Crippen molar-refractivity contribution in [1.82, 2.24) is 0 Å². The summed E-state index contributed by atoms with van der Waals surface area (Å²) in [6.07, 6.45) is 1.71. The minimum atomic E-state index is -1.16. The first-order chi connectivity index (χ1) is 9.88. The van der Waals surface area contributed by atoms with E-state index in [0.717, 1.165) is 12.2 Å². The number of carboxylic acid groups (broad SMARTS) is 1. The van der Waals surface area contributed by atoms with Crippen molar-refractivity contribution in [2.24, 2.45) is 5.92 Å². The highest BCUT2D eigenvalue weighted by atomic mass is 35.5. The molecule has 6 heteroatoms. The Morgan fingerprint density at radius 3 is 2.76 bits per heavy atom. The molecule has 1 amide bonds. The molecule has 2 rings (SSSR count). The molecule has 0 fully saturated rings. The highest BCUT2D eigenvalue weighted by molar-refractivity contribution is 6.31. The second kappa shape index (κ2) is 6.18. The van der Waals surface area contributed by atoms with Crippen LogP contribution in [0.2, 0.25) is 5.02 Å². The molecular formula is C15H16ClNO4. The Kier molecular flexibility index (Phi) is 4.53. The number of anilines is 1. The molecule has 0 saturated heterocycles. The highest BCUT2D eigenvalue weighted by Crippen LogP contribution is 2.37. The van der Waals surface area contributed by atoms with Crippen molar-refractivity contribution in [1.29, 1.82) is 0 Å². The van der Waals surface area contributed by atoms with Crippen molar-refractivity contribution in [2.45, 2.75) is 20.0 Å². The third-order valence-corrected chi connectivity index (χ3v) is 3.47. The molecule has 1 heterocycles. The summed E-state index contributed by atoms with van der Waals surface area (Å²) in [5, 5.41) is 9.12. The van der Waals surface area contributed by atoms with Gasteiger partial charge in [-0.3, -0.25) is 4.79 Å². The Labute approximate surface area is 127 Å². The van der Waals surface area contributed by atoms with Crippen molar-refractivity contribution in [3.8, 4) is 5.75 Å². The molecule has 1 aromatic rings. The van der Waals surface area contributed by atoms with Gasteiger partial charge in [0.25, 0.3) is 5.91 Å². The minimum absolute atomic E-state index is 0.152. The van der Waals surface area contributed by atoms with Crippen LogP contribution in [0.25, 0.3) is 0 Å². The largest absolute Gasteiger partial charge is 0.486 e. The SMILES string of the molecule is CC(C)C1CN(C(=O)/C=C/C(=O)O)c2cc(Cl)ccc2O1. The van der Waals surface area contributed by atoms with Crippen molar-refractivity contribution in [3.63, 3.8) is 0 Å². The summed E-state index contributed by atoms with van der Waals surface area (Å²) in [5.74, 6) is -0.785. The molecule has 1 aromatic carbocycles. The lowest BCUT2D eigenvalue weighted by Crippen LogP contribution is -2.45. The smallest absolute Gasteiger partial charge is 0.328 e. The minimum Gasteiger partial charge on any atom is -0.486 e. The van der Waals surface area contributed by atoms with Gasteiger partial charge in [-0.05, 0) is 24.1 Å². The van der Waals surface area contributed by atoms with Gasteiger partial charge in [0.05, 0.1) is 12.2 Å². The van der Waals surface area contributed by atoms with Crippen LogP contribution in [0.4, 0.5) is 5.69 Å². The van der Waals surface area contributed by atoms with Crippen LogP contribution < -0.4 is 9.64 Å². The summed E-state index contributed by atoms with van der Waals surface area (Å²) >= 11 is 5.97. The molecular weight excluding hydrogens is 294 g/mol. The van der Waals surface area contributed by atoms with Gasteiger partial charge in [0.1, 0.15) is 11.9 Å². The monoisotopic (exact) mass is 309 g/mol. The van der Waals surface area contributed by atoms with Gasteiger partial charge < -0.3 is 14.7 Å². The van der Waals surface area contributed by atoms with Crippen LogP contribution in [0.5, 0.6) is 5.75 Å². The van der Waals surface area contributed by atoms with Crippen molar-refractivity contribution in [3.05, 3.63) is 35.4 Å². The Hall–Kier alpha value is -2.01. The predicted molar refractivity (Wildman–Crippen MR) is 79.8 cm³/mol. The summed E-state index contributed by atoms with van der Waals surface area (Å²) in [7, 11) is 0. The van der Waals surface area contributed by atoms with Gasteiger partial charge in [-0.15, -0.1) is 0 Å². The third kappa shape index (κ3) is 3.55. The van der Waals surface area contributed by atoms with Crippen LogP contribution in [0.3, 0.4) is 0 Å². The summed E-state index contributed by atoms with van der Waals surface area (Å²) in [4.78, 5) is 24.3. The second-order valence-electron chi connectivity index (χ2n) is 5.13. The van der Waals surface area contributed by atoms with E-state index in [0.29, 0.717) is 23.0 Å². The average molecular weight is 310 g/mol. The van der Waals surface area contributed by atoms with Crippen LogP contribution in [-0.2, 0) is 9.59 Å². The van der Waals surface area contributed by atoms with Gasteiger partial charge in [-0.1, -0.05) is 25.4 Å². The molecule has 0 spiro atoms. The lowest BCUT2D eigenvalue weighted by molar-refractivity contribution is -0.131. The first-order valence-corrected chi connectivity index (χ1v) is 6.95. The summed E-state index contributed by atoms with van der Waals surface area (Å²) in [5.41, 5.74) is 0.555. The van der Waals surface area contributed by atoms with E-state index in [1.807, 2.05) is 13.8 Å². The quantitative estimate of drug-likeness (QED) is 0.872. The summed E-state index contributed by atoms with van der Waals surface area (Å²) < 4.78 is 5.86. The maximum absolute atomic E-state index is 12.2. The number of nitrogens with zero attached hydrogens (tertiary/aromatic N) is 1. The van der Waals surface area contributed by atoms with E-state index < -0.39 is 11.9 Å². The first-order valence-electron chi connectivity index (χ1n) is 6.57. The third-order valence-electron chi connectivity index (χ3n) is 3.23. The fourth-order valence-corrected chi connectivity index (χ4v) is 2.23. The summed E-state index contributed by atoms with van der Waals surface area (Å²) in [6.45, 7) is 4.36. The van der Waals surface area contributed by atoms with Gasteiger partial charge in [-0.25, -0.2) is 4.79 Å². The van der Waals surface area contributed by atoms with E-state index >= 15 is 0 Å². The molecule has 0 saturated carbocycles. The lowest BCUT2D eigenvalue weighted by atomic mass is 10.0. The Balaban J connectivity index is 2.37. The fourth-order valence-electron chi connectivity index (χ4n) is 2.07. The molecule has 1 aliphatic rings. The van der Waals surface area contributed by atoms with E-state index in [9.17, 15) is 9.59 Å². The number of rotatable bonds is 3. The molecule has 1 unspecified atom stereocenters. The maximum atomic E-state index is 12.2. The van der Waals surface area contributed by atoms with Gasteiger partial charge in [0, 0.05) is 17.2 Å². The van der Waals surface area contributed by atoms with Crippen LogP contribution >= 0.6 is 11.6 Å². The normalized spacial score (nSPS) is 17.7. The molecule has 5 nitrogen and oxygen atoms in total. The Morgan fingerprint density at radius 1 is 1.43 bits per heavy atom. The standard InChI is InChI=1S/C15H16ClNO4/c1-9(2)13-8-17(14(18)5-6-15(19)20)11-7-10(16)3-4-12(11)21-13/h3-7,9,13H,8H2,1-2H3,(H,19,20)/b6-5+. The van der Waals surface area contributed by atoms with Crippen LogP contribution in [0, 0.1) is 5.92 Å². The first kappa shape index (κ1) is 15.4. The van der Waals surface area contributed by atoms with Crippen molar-refractivity contribution < 1.29 is 19.4 Å².